The van der Waals surface area contributed by atoms with Crippen molar-refractivity contribution < 1.29 is 22.8 Å². The van der Waals surface area contributed by atoms with E-state index in [1.807, 2.05) is 0 Å². The number of anilines is 1. The first-order valence-electron chi connectivity index (χ1n) is 13.1. The van der Waals surface area contributed by atoms with Crippen molar-refractivity contribution in [1.82, 2.24) is 25.3 Å². The Bertz CT molecular complexity index is 1120. The van der Waals surface area contributed by atoms with Gasteiger partial charge >= 0.3 is 12.2 Å². The van der Waals surface area contributed by atoms with Crippen LogP contribution in [0.15, 0.2) is 18.2 Å². The van der Waals surface area contributed by atoms with Crippen LogP contribution < -0.4 is 16.0 Å². The van der Waals surface area contributed by atoms with Crippen molar-refractivity contribution in [3.8, 4) is 0 Å². The lowest BCUT2D eigenvalue weighted by Gasteiger charge is -2.47. The number of carbonyl (C=O) groups is 2. The van der Waals surface area contributed by atoms with Crippen LogP contribution in [0.4, 0.5) is 23.8 Å². The van der Waals surface area contributed by atoms with Gasteiger partial charge in [0.1, 0.15) is 0 Å². The first-order valence-corrected chi connectivity index (χ1v) is 13.1. The lowest BCUT2D eigenvalue weighted by Crippen LogP contribution is -2.63. The first-order chi connectivity index (χ1) is 17.4. The molecular formula is C26H37F3N6O2. The van der Waals surface area contributed by atoms with Crippen LogP contribution in [-0.2, 0) is 11.0 Å². The third-order valence-corrected chi connectivity index (χ3v) is 7.50. The molecule has 11 heteroatoms. The zero-order valence-electron chi connectivity index (χ0n) is 21.9. The number of fused-ring (bicyclic) bond motifs is 1. The van der Waals surface area contributed by atoms with E-state index in [-0.39, 0.29) is 41.3 Å². The first kappa shape index (κ1) is 27.2. The van der Waals surface area contributed by atoms with Crippen LogP contribution in [0.1, 0.15) is 58.9 Å². The maximum atomic E-state index is 13.3. The maximum Gasteiger partial charge on any atom is 0.416 e. The number of nitrogens with one attached hydrogen (secondary N) is 3. The number of nitrogens with zero attached hydrogens (tertiary/aromatic N) is 3. The Labute approximate surface area is 215 Å². The molecule has 1 aromatic carbocycles. The molecule has 0 unspecified atom stereocenters. The minimum absolute atomic E-state index is 0.0484. The van der Waals surface area contributed by atoms with Crippen LogP contribution in [0, 0.1) is 11.8 Å². The van der Waals surface area contributed by atoms with E-state index < -0.39 is 17.8 Å². The molecule has 2 heterocycles. The van der Waals surface area contributed by atoms with Gasteiger partial charge in [0.15, 0.2) is 5.82 Å². The van der Waals surface area contributed by atoms with Gasteiger partial charge < -0.3 is 16.0 Å². The fourth-order valence-electron chi connectivity index (χ4n) is 5.37. The highest BCUT2D eigenvalue weighted by atomic mass is 19.4. The van der Waals surface area contributed by atoms with Gasteiger partial charge in [-0.1, -0.05) is 13.8 Å². The molecule has 0 radical (unpaired) electrons. The molecule has 204 valence electrons. The molecule has 2 aliphatic rings. The summed E-state index contributed by atoms with van der Waals surface area (Å²) in [6, 6.07) is 2.96. The summed E-state index contributed by atoms with van der Waals surface area (Å²) in [7, 11) is 0. The summed E-state index contributed by atoms with van der Waals surface area (Å²) in [6.07, 6.45) is 0.364. The fourth-order valence-corrected chi connectivity index (χ4v) is 5.37. The number of hydrogen-bond acceptors (Lipinski definition) is 5. The van der Waals surface area contributed by atoms with Gasteiger partial charge in [-0.2, -0.15) is 17.9 Å². The highest BCUT2D eigenvalue weighted by Gasteiger charge is 2.36. The highest BCUT2D eigenvalue weighted by Crippen LogP contribution is 2.35. The molecule has 37 heavy (non-hydrogen) atoms. The summed E-state index contributed by atoms with van der Waals surface area (Å²) in [6.45, 7) is 9.58. The van der Waals surface area contributed by atoms with Crippen LogP contribution in [-0.4, -0.2) is 64.4 Å². The Balaban J connectivity index is 1.35. The van der Waals surface area contributed by atoms with Gasteiger partial charge in [0.25, 0.3) is 0 Å². The van der Waals surface area contributed by atoms with Crippen molar-refractivity contribution in [2.24, 2.45) is 11.8 Å². The Hall–Kier alpha value is -2.82. The van der Waals surface area contributed by atoms with Gasteiger partial charge in [-0.05, 0) is 69.6 Å². The number of alkyl halides is 3. The molecule has 2 amide bonds. The molecule has 2 aromatic rings. The number of hydrogen-bond donors (Lipinski definition) is 3. The van der Waals surface area contributed by atoms with E-state index in [1.165, 1.54) is 31.7 Å². The largest absolute Gasteiger partial charge is 0.416 e. The van der Waals surface area contributed by atoms with Gasteiger partial charge in [0.2, 0.25) is 5.91 Å². The lowest BCUT2D eigenvalue weighted by molar-refractivity contribution is -0.137. The van der Waals surface area contributed by atoms with E-state index >= 15 is 0 Å². The maximum absolute atomic E-state index is 13.3. The van der Waals surface area contributed by atoms with Crippen LogP contribution in [0.2, 0.25) is 0 Å². The molecule has 3 N–H and O–H groups in total. The SMILES string of the molecule is CC(C)NC(=O)n1nc(NCC(=O)NC2CN(C3CCC(C(C)C)CC3)C2)c2cc(C(F)(F)F)ccc21. The number of halogens is 3. The van der Waals surface area contributed by atoms with Crippen molar-refractivity contribution in [1.29, 1.82) is 0 Å². The third kappa shape index (κ3) is 6.37. The third-order valence-electron chi connectivity index (χ3n) is 7.50. The van der Waals surface area contributed by atoms with Crippen LogP contribution in [0.25, 0.3) is 10.9 Å². The number of amides is 2. The van der Waals surface area contributed by atoms with Gasteiger partial charge in [-0.3, -0.25) is 9.69 Å². The summed E-state index contributed by atoms with van der Waals surface area (Å²) < 4.78 is 41.0. The summed E-state index contributed by atoms with van der Waals surface area (Å²) in [4.78, 5) is 27.6. The molecule has 4 rings (SSSR count). The topological polar surface area (TPSA) is 91.3 Å². The van der Waals surface area contributed by atoms with Crippen molar-refractivity contribution in [3.63, 3.8) is 0 Å². The molecule has 0 bridgehead atoms. The van der Waals surface area contributed by atoms with Crippen LogP contribution in [0.5, 0.6) is 0 Å². The Morgan fingerprint density at radius 3 is 2.35 bits per heavy atom. The molecule has 0 spiro atoms. The van der Waals surface area contributed by atoms with E-state index in [9.17, 15) is 22.8 Å². The molecule has 1 aromatic heterocycles. The van der Waals surface area contributed by atoms with E-state index in [2.05, 4.69) is 39.8 Å². The van der Waals surface area contributed by atoms with Gasteiger partial charge in [-0.25, -0.2) is 4.79 Å². The van der Waals surface area contributed by atoms with E-state index in [0.29, 0.717) is 6.04 Å². The van der Waals surface area contributed by atoms with Gasteiger partial charge in [0.05, 0.1) is 23.7 Å². The van der Waals surface area contributed by atoms with Crippen molar-refractivity contribution >= 4 is 28.7 Å². The molecule has 1 aliphatic heterocycles. The predicted octanol–water partition coefficient (Wildman–Crippen LogP) is 4.45. The predicted molar refractivity (Wildman–Crippen MR) is 136 cm³/mol. The lowest BCUT2D eigenvalue weighted by atomic mass is 9.78. The van der Waals surface area contributed by atoms with Crippen LogP contribution in [0.3, 0.4) is 0 Å². The molecule has 0 atom stereocenters. The smallest absolute Gasteiger partial charge is 0.359 e. The number of aromatic nitrogens is 2. The second kappa shape index (κ2) is 10.9. The zero-order chi connectivity index (χ0) is 26.9. The van der Waals surface area contributed by atoms with E-state index in [0.717, 1.165) is 41.7 Å². The molecule has 1 aliphatic carbocycles. The highest BCUT2D eigenvalue weighted by molar-refractivity contribution is 5.98. The Kier molecular flexibility index (Phi) is 8.01. The standard InChI is InChI=1S/C26H37F3N6O2/c1-15(2)17-5-8-20(9-6-17)34-13-19(14-34)32-23(36)12-30-24-21-11-18(26(27,28)29)7-10-22(21)35(33-24)25(37)31-16(3)4/h7,10-11,15-17,19-20H,5-6,8-9,12-14H2,1-4H3,(H,30,33)(H,31,37)(H,32,36). The second-order valence-electron chi connectivity index (χ2n) is 11.0. The monoisotopic (exact) mass is 522 g/mol. The molecule has 1 saturated carbocycles. The normalized spacial score (nSPS) is 21.3. The quantitative estimate of drug-likeness (QED) is 0.500. The van der Waals surface area contributed by atoms with Crippen LogP contribution >= 0.6 is 0 Å². The number of carbonyl (C=O) groups excluding carboxylic acids is 2. The average Bonchev–Trinajstić information content (AvgIpc) is 3.17. The zero-order valence-corrected chi connectivity index (χ0v) is 21.9. The fraction of sp³-hybridized carbons (Fsp3) is 0.654. The molecule has 2 fully saturated rings. The minimum Gasteiger partial charge on any atom is -0.359 e. The second-order valence-corrected chi connectivity index (χ2v) is 11.0. The Morgan fingerprint density at radius 1 is 1.08 bits per heavy atom. The number of rotatable bonds is 7. The van der Waals surface area contributed by atoms with Gasteiger partial charge in [-0.15, -0.1) is 5.10 Å². The summed E-state index contributed by atoms with van der Waals surface area (Å²) in [5.74, 6) is 1.31. The minimum atomic E-state index is -4.55. The van der Waals surface area contributed by atoms with Gasteiger partial charge in [0, 0.05) is 30.6 Å². The van der Waals surface area contributed by atoms with Crippen molar-refractivity contribution in [2.45, 2.75) is 77.7 Å². The van der Waals surface area contributed by atoms with E-state index in [1.54, 1.807) is 13.8 Å². The molecule has 8 nitrogen and oxygen atoms in total. The number of benzene rings is 1. The Morgan fingerprint density at radius 2 is 1.76 bits per heavy atom. The summed E-state index contributed by atoms with van der Waals surface area (Å²) >= 11 is 0. The van der Waals surface area contributed by atoms with E-state index in [4.69, 9.17) is 0 Å². The summed E-state index contributed by atoms with van der Waals surface area (Å²) in [5.41, 5.74) is -0.635. The van der Waals surface area contributed by atoms with Crippen molar-refractivity contribution in [3.05, 3.63) is 23.8 Å². The molecular weight excluding hydrogens is 485 g/mol. The number of likely N-dealkylation sites (tertiary alicyclic amines) is 1. The van der Waals surface area contributed by atoms with Crippen molar-refractivity contribution in [2.75, 3.05) is 25.0 Å². The summed E-state index contributed by atoms with van der Waals surface area (Å²) in [5, 5.41) is 12.8. The molecule has 1 saturated heterocycles. The average molecular weight is 523 g/mol.